The fourth-order valence-electron chi connectivity index (χ4n) is 2.89. The second kappa shape index (κ2) is 5.34. The van der Waals surface area contributed by atoms with E-state index in [1.807, 2.05) is 0 Å². The maximum absolute atomic E-state index is 11.4. The molecular weight excluding hydrogens is 260 g/mol. The highest BCUT2D eigenvalue weighted by Crippen LogP contribution is 2.37. The minimum Gasteiger partial charge on any atom is -0.311 e. The first-order valence-electron chi connectivity index (χ1n) is 7.32. The normalized spacial score (nSPS) is 30.5. The fourth-order valence-corrected chi connectivity index (χ4v) is 3.46. The van der Waals surface area contributed by atoms with Crippen LogP contribution >= 0.6 is 0 Å². The van der Waals surface area contributed by atoms with Gasteiger partial charge in [-0.25, -0.2) is 8.42 Å². The van der Waals surface area contributed by atoms with Crippen LogP contribution in [-0.4, -0.2) is 57.0 Å². The van der Waals surface area contributed by atoms with Gasteiger partial charge in [0.15, 0.2) is 0 Å². The van der Waals surface area contributed by atoms with Crippen LogP contribution in [0, 0.1) is 11.3 Å². The second-order valence-corrected chi connectivity index (χ2v) is 9.62. The van der Waals surface area contributed by atoms with Crippen LogP contribution in [0.4, 0.5) is 0 Å². The molecule has 0 aromatic carbocycles. The molecule has 2 aliphatic rings. The zero-order chi connectivity index (χ0) is 14.3. The number of nitrogens with zero attached hydrogens (tertiary/aromatic N) is 1. The number of hydrogen-bond acceptors (Lipinski definition) is 4. The Hall–Kier alpha value is -0.130. The Morgan fingerprint density at radius 2 is 1.89 bits per heavy atom. The summed E-state index contributed by atoms with van der Waals surface area (Å²) in [5, 5.41) is 3.67. The van der Waals surface area contributed by atoms with Crippen LogP contribution in [0.25, 0.3) is 0 Å². The third-order valence-corrected chi connectivity index (χ3v) is 5.34. The van der Waals surface area contributed by atoms with E-state index in [1.54, 1.807) is 0 Å². The van der Waals surface area contributed by atoms with Gasteiger partial charge < -0.3 is 5.32 Å². The summed E-state index contributed by atoms with van der Waals surface area (Å²) < 4.78 is 22.8. The summed E-state index contributed by atoms with van der Waals surface area (Å²) in [5.41, 5.74) is 0.220. The predicted molar refractivity (Wildman–Crippen MR) is 79.0 cm³/mol. The van der Waals surface area contributed by atoms with Gasteiger partial charge in [-0.3, -0.25) is 4.90 Å². The van der Waals surface area contributed by atoms with E-state index in [4.69, 9.17) is 0 Å². The van der Waals surface area contributed by atoms with E-state index in [0.29, 0.717) is 18.6 Å². The number of nitrogens with one attached hydrogen (secondary N) is 1. The van der Waals surface area contributed by atoms with Crippen molar-refractivity contribution in [2.75, 3.05) is 31.6 Å². The molecule has 1 N–H and O–H groups in total. The molecule has 1 aliphatic carbocycles. The number of rotatable bonds is 4. The lowest BCUT2D eigenvalue weighted by molar-refractivity contribution is 0.0803. The Kier molecular flexibility index (Phi) is 4.29. The maximum atomic E-state index is 11.4. The highest BCUT2D eigenvalue weighted by atomic mass is 32.2. The topological polar surface area (TPSA) is 49.4 Å². The molecule has 0 radical (unpaired) electrons. The molecule has 5 heteroatoms. The molecule has 1 heterocycles. The van der Waals surface area contributed by atoms with E-state index in [1.165, 1.54) is 19.1 Å². The first-order chi connectivity index (χ1) is 8.67. The van der Waals surface area contributed by atoms with Gasteiger partial charge in [0.2, 0.25) is 0 Å². The SMILES string of the molecule is CC(C)(C)C1CN(CCS(C)(=O)=O)C(C2CC2)CN1. The van der Waals surface area contributed by atoms with Gasteiger partial charge in [0, 0.05) is 38.0 Å². The van der Waals surface area contributed by atoms with E-state index >= 15 is 0 Å². The average molecular weight is 288 g/mol. The summed E-state index contributed by atoms with van der Waals surface area (Å²) in [7, 11) is -2.87. The minimum atomic E-state index is -2.87. The van der Waals surface area contributed by atoms with E-state index in [2.05, 4.69) is 31.0 Å². The van der Waals surface area contributed by atoms with Crippen LogP contribution < -0.4 is 5.32 Å². The van der Waals surface area contributed by atoms with Crippen molar-refractivity contribution in [1.82, 2.24) is 10.2 Å². The molecule has 1 saturated heterocycles. The Morgan fingerprint density at radius 1 is 1.26 bits per heavy atom. The molecule has 19 heavy (non-hydrogen) atoms. The van der Waals surface area contributed by atoms with Crippen molar-refractivity contribution in [1.29, 1.82) is 0 Å². The van der Waals surface area contributed by atoms with Gasteiger partial charge in [-0.2, -0.15) is 0 Å². The van der Waals surface area contributed by atoms with Crippen molar-refractivity contribution in [3.63, 3.8) is 0 Å². The van der Waals surface area contributed by atoms with Crippen molar-refractivity contribution in [2.24, 2.45) is 11.3 Å². The fraction of sp³-hybridized carbons (Fsp3) is 1.00. The summed E-state index contributed by atoms with van der Waals surface area (Å²) in [6.07, 6.45) is 3.95. The van der Waals surface area contributed by atoms with Crippen molar-refractivity contribution in [2.45, 2.75) is 45.7 Å². The summed E-state index contributed by atoms with van der Waals surface area (Å²) in [6.45, 7) is 9.41. The van der Waals surface area contributed by atoms with Crippen molar-refractivity contribution in [3.8, 4) is 0 Å². The van der Waals surface area contributed by atoms with Gasteiger partial charge in [0.05, 0.1) is 5.75 Å². The lowest BCUT2D eigenvalue weighted by Crippen LogP contribution is -2.61. The molecule has 1 saturated carbocycles. The standard InChI is InChI=1S/C14H28N2O2S/c1-14(2,3)13-10-16(7-8-19(4,17)18)12(9-15-13)11-5-6-11/h11-13,15H,5-10H2,1-4H3. The third-order valence-electron chi connectivity index (χ3n) is 4.42. The van der Waals surface area contributed by atoms with Gasteiger partial charge in [-0.15, -0.1) is 0 Å². The molecule has 0 amide bonds. The highest BCUT2D eigenvalue weighted by Gasteiger charge is 2.41. The Balaban J connectivity index is 2.00. The zero-order valence-corrected chi connectivity index (χ0v) is 13.5. The molecule has 0 bridgehead atoms. The van der Waals surface area contributed by atoms with Gasteiger partial charge in [-0.1, -0.05) is 20.8 Å². The molecule has 2 fully saturated rings. The molecule has 2 unspecified atom stereocenters. The largest absolute Gasteiger partial charge is 0.311 e. The summed E-state index contributed by atoms with van der Waals surface area (Å²) in [4.78, 5) is 2.42. The zero-order valence-electron chi connectivity index (χ0n) is 12.6. The van der Waals surface area contributed by atoms with Crippen molar-refractivity contribution >= 4 is 9.84 Å². The maximum Gasteiger partial charge on any atom is 0.148 e. The molecular formula is C14H28N2O2S. The summed E-state index contributed by atoms with van der Waals surface area (Å²) >= 11 is 0. The predicted octanol–water partition coefficient (Wildman–Crippen LogP) is 1.13. The molecule has 0 aromatic heterocycles. The van der Waals surface area contributed by atoms with Crippen LogP contribution in [0.3, 0.4) is 0 Å². The van der Waals surface area contributed by atoms with E-state index < -0.39 is 9.84 Å². The molecule has 2 atom stereocenters. The minimum absolute atomic E-state index is 0.220. The second-order valence-electron chi connectivity index (χ2n) is 7.36. The monoisotopic (exact) mass is 288 g/mol. The van der Waals surface area contributed by atoms with Gasteiger partial charge in [0.1, 0.15) is 9.84 Å². The number of piperazine rings is 1. The van der Waals surface area contributed by atoms with Crippen molar-refractivity contribution < 1.29 is 8.42 Å². The van der Waals surface area contributed by atoms with Crippen LogP contribution in [-0.2, 0) is 9.84 Å². The lowest BCUT2D eigenvalue weighted by Gasteiger charge is -2.45. The van der Waals surface area contributed by atoms with Crippen LogP contribution in [0.15, 0.2) is 0 Å². The van der Waals surface area contributed by atoms with Crippen LogP contribution in [0.2, 0.25) is 0 Å². The lowest BCUT2D eigenvalue weighted by atomic mass is 9.84. The van der Waals surface area contributed by atoms with Gasteiger partial charge >= 0.3 is 0 Å². The van der Waals surface area contributed by atoms with E-state index in [0.717, 1.165) is 19.0 Å². The summed E-state index contributed by atoms with van der Waals surface area (Å²) in [5.74, 6) is 1.07. The Morgan fingerprint density at radius 3 is 2.37 bits per heavy atom. The third kappa shape index (κ3) is 4.43. The Labute approximate surface area is 117 Å². The van der Waals surface area contributed by atoms with Gasteiger partial charge in [0.25, 0.3) is 0 Å². The molecule has 4 nitrogen and oxygen atoms in total. The van der Waals surface area contributed by atoms with Crippen LogP contribution in [0.1, 0.15) is 33.6 Å². The van der Waals surface area contributed by atoms with Crippen LogP contribution in [0.5, 0.6) is 0 Å². The van der Waals surface area contributed by atoms with E-state index in [9.17, 15) is 8.42 Å². The first-order valence-corrected chi connectivity index (χ1v) is 9.38. The molecule has 0 spiro atoms. The number of hydrogen-bond donors (Lipinski definition) is 1. The molecule has 1 aliphatic heterocycles. The smallest absolute Gasteiger partial charge is 0.148 e. The van der Waals surface area contributed by atoms with Gasteiger partial charge in [-0.05, 0) is 24.2 Å². The Bertz CT molecular complexity index is 410. The molecule has 2 rings (SSSR count). The number of sulfone groups is 1. The van der Waals surface area contributed by atoms with E-state index in [-0.39, 0.29) is 11.2 Å². The average Bonchev–Trinajstić information content (AvgIpc) is 3.07. The molecule has 0 aromatic rings. The highest BCUT2D eigenvalue weighted by molar-refractivity contribution is 7.90. The summed E-state index contributed by atoms with van der Waals surface area (Å²) in [6, 6.07) is 0.988. The molecule has 112 valence electrons. The first kappa shape index (κ1) is 15.3. The van der Waals surface area contributed by atoms with Crippen molar-refractivity contribution in [3.05, 3.63) is 0 Å². The quantitative estimate of drug-likeness (QED) is 0.842.